The highest BCUT2D eigenvalue weighted by atomic mass is 35.5. The van der Waals surface area contributed by atoms with Crippen LogP contribution in [-0.4, -0.2) is 31.0 Å². The Morgan fingerprint density at radius 3 is 2.41 bits per heavy atom. The van der Waals surface area contributed by atoms with E-state index in [0.29, 0.717) is 11.4 Å². The number of furan rings is 1. The molecule has 32 heavy (non-hydrogen) atoms. The lowest BCUT2D eigenvalue weighted by atomic mass is 9.98. The van der Waals surface area contributed by atoms with Gasteiger partial charge in [0.1, 0.15) is 29.1 Å². The molecule has 1 unspecified atom stereocenters. The molecule has 0 radical (unpaired) electrons. The number of ether oxygens (including phenoxy) is 2. The minimum Gasteiger partial charge on any atom is -0.507 e. The number of rotatable bonds is 5. The van der Waals surface area contributed by atoms with Crippen LogP contribution in [0, 0.1) is 6.92 Å². The lowest BCUT2D eigenvalue weighted by Gasteiger charge is -2.25. The van der Waals surface area contributed by atoms with Crippen LogP contribution in [-0.2, 0) is 9.59 Å². The number of ketones is 1. The number of carbonyl (C=O) groups is 2. The van der Waals surface area contributed by atoms with Crippen molar-refractivity contribution in [3.8, 4) is 11.5 Å². The molecule has 0 spiro atoms. The number of aliphatic hydroxyl groups excluding tert-OH is 1. The zero-order valence-corrected chi connectivity index (χ0v) is 18.3. The molecule has 1 amide bonds. The standard InChI is InChI=1S/C24H20ClNO6/c1-13-7-4-5-8-16(13)26-21(17-9-6-10-32-17)20(23(28)24(26)29)22(27)14-11-19(31-3)15(25)12-18(14)30-2/h4-12,21,27H,1-3H3/b22-20+. The summed E-state index contributed by atoms with van der Waals surface area (Å²) in [4.78, 5) is 27.7. The number of hydrogen-bond acceptors (Lipinski definition) is 6. The van der Waals surface area contributed by atoms with Crippen LogP contribution in [0.2, 0.25) is 5.02 Å². The monoisotopic (exact) mass is 453 g/mol. The van der Waals surface area contributed by atoms with Crippen molar-refractivity contribution in [2.45, 2.75) is 13.0 Å². The second kappa shape index (κ2) is 8.43. The van der Waals surface area contributed by atoms with E-state index in [1.54, 1.807) is 24.3 Å². The summed E-state index contributed by atoms with van der Waals surface area (Å²) in [5, 5.41) is 11.6. The number of anilines is 1. The zero-order valence-electron chi connectivity index (χ0n) is 17.6. The molecule has 2 aromatic carbocycles. The number of benzene rings is 2. The molecule has 1 atom stereocenters. The summed E-state index contributed by atoms with van der Waals surface area (Å²) >= 11 is 6.18. The molecule has 7 nitrogen and oxygen atoms in total. The second-order valence-corrected chi connectivity index (χ2v) is 7.57. The Balaban J connectivity index is 1.99. The molecule has 1 fully saturated rings. The average molecular weight is 454 g/mol. The number of amides is 1. The minimum atomic E-state index is -0.975. The molecule has 0 bridgehead atoms. The van der Waals surface area contributed by atoms with Crippen molar-refractivity contribution in [2.75, 3.05) is 19.1 Å². The van der Waals surface area contributed by atoms with Crippen molar-refractivity contribution in [1.29, 1.82) is 0 Å². The molecular weight excluding hydrogens is 434 g/mol. The van der Waals surface area contributed by atoms with Gasteiger partial charge in [-0.15, -0.1) is 0 Å². The SMILES string of the molecule is COc1cc(/C(O)=C2\C(=O)C(=O)N(c3ccccc3C)C2c2ccco2)c(OC)cc1Cl. The summed E-state index contributed by atoms with van der Waals surface area (Å²) in [6, 6.07) is 12.4. The first-order valence-corrected chi connectivity index (χ1v) is 10.1. The highest BCUT2D eigenvalue weighted by Gasteiger charge is 2.48. The van der Waals surface area contributed by atoms with Gasteiger partial charge in [0.2, 0.25) is 0 Å². The average Bonchev–Trinajstić information content (AvgIpc) is 3.40. The van der Waals surface area contributed by atoms with Crippen LogP contribution in [0.1, 0.15) is 22.9 Å². The van der Waals surface area contributed by atoms with Crippen LogP contribution >= 0.6 is 11.6 Å². The maximum atomic E-state index is 13.2. The molecule has 2 heterocycles. The van der Waals surface area contributed by atoms with Gasteiger partial charge in [-0.3, -0.25) is 14.5 Å². The summed E-state index contributed by atoms with van der Waals surface area (Å²) in [5.74, 6) is -1.22. The topological polar surface area (TPSA) is 89.2 Å². The molecule has 1 aromatic heterocycles. The fourth-order valence-electron chi connectivity index (χ4n) is 3.82. The summed E-state index contributed by atoms with van der Waals surface area (Å²) in [6.07, 6.45) is 1.44. The van der Waals surface area contributed by atoms with Gasteiger partial charge in [-0.25, -0.2) is 0 Å². The lowest BCUT2D eigenvalue weighted by molar-refractivity contribution is -0.132. The number of para-hydroxylation sites is 1. The number of halogens is 1. The molecule has 3 aromatic rings. The van der Waals surface area contributed by atoms with E-state index in [4.69, 9.17) is 25.5 Å². The van der Waals surface area contributed by atoms with Crippen LogP contribution < -0.4 is 14.4 Å². The summed E-state index contributed by atoms with van der Waals surface area (Å²) < 4.78 is 16.2. The van der Waals surface area contributed by atoms with Crippen LogP contribution in [0.4, 0.5) is 5.69 Å². The lowest BCUT2D eigenvalue weighted by Crippen LogP contribution is -2.29. The first-order chi connectivity index (χ1) is 15.4. The number of methoxy groups -OCH3 is 2. The normalized spacial score (nSPS) is 17.6. The van der Waals surface area contributed by atoms with Crippen LogP contribution in [0.5, 0.6) is 11.5 Å². The Bertz CT molecular complexity index is 1230. The first kappa shape index (κ1) is 21.5. The Labute approximate surface area is 189 Å². The van der Waals surface area contributed by atoms with Crippen molar-refractivity contribution in [3.05, 3.63) is 82.3 Å². The molecule has 0 saturated carbocycles. The molecule has 8 heteroatoms. The van der Waals surface area contributed by atoms with Gasteiger partial charge < -0.3 is 19.0 Å². The molecular formula is C24H20ClNO6. The molecule has 164 valence electrons. The maximum absolute atomic E-state index is 13.2. The Morgan fingerprint density at radius 2 is 1.78 bits per heavy atom. The zero-order chi connectivity index (χ0) is 23.0. The summed E-state index contributed by atoms with van der Waals surface area (Å²) in [5.41, 5.74) is 1.36. The number of carbonyl (C=O) groups excluding carboxylic acids is 2. The van der Waals surface area contributed by atoms with E-state index in [9.17, 15) is 14.7 Å². The quantitative estimate of drug-likeness (QED) is 0.336. The van der Waals surface area contributed by atoms with Crippen molar-refractivity contribution >= 4 is 34.7 Å². The number of aliphatic hydroxyl groups is 1. The molecule has 1 saturated heterocycles. The van der Waals surface area contributed by atoms with Crippen molar-refractivity contribution in [3.63, 3.8) is 0 Å². The van der Waals surface area contributed by atoms with Crippen LogP contribution in [0.3, 0.4) is 0 Å². The smallest absolute Gasteiger partial charge is 0.300 e. The van der Waals surface area contributed by atoms with E-state index in [1.165, 1.54) is 37.5 Å². The third-order valence-corrected chi connectivity index (χ3v) is 5.66. The summed E-state index contributed by atoms with van der Waals surface area (Å²) in [7, 11) is 2.84. The van der Waals surface area contributed by atoms with E-state index in [1.807, 2.05) is 19.1 Å². The Kier molecular flexibility index (Phi) is 5.67. The van der Waals surface area contributed by atoms with E-state index in [-0.39, 0.29) is 27.7 Å². The molecule has 1 aliphatic heterocycles. The highest BCUT2D eigenvalue weighted by Crippen LogP contribution is 2.45. The predicted octanol–water partition coefficient (Wildman–Crippen LogP) is 4.88. The van der Waals surface area contributed by atoms with Gasteiger partial charge in [-0.1, -0.05) is 29.8 Å². The van der Waals surface area contributed by atoms with Gasteiger partial charge in [-0.05, 0) is 36.8 Å². The van der Waals surface area contributed by atoms with E-state index >= 15 is 0 Å². The van der Waals surface area contributed by atoms with Gasteiger partial charge in [-0.2, -0.15) is 0 Å². The second-order valence-electron chi connectivity index (χ2n) is 7.16. The number of aryl methyl sites for hydroxylation is 1. The highest BCUT2D eigenvalue weighted by molar-refractivity contribution is 6.51. The van der Waals surface area contributed by atoms with Gasteiger partial charge in [0, 0.05) is 11.8 Å². The number of nitrogens with zero attached hydrogens (tertiary/aromatic N) is 1. The number of hydrogen-bond donors (Lipinski definition) is 1. The van der Waals surface area contributed by atoms with Gasteiger partial charge in [0.05, 0.1) is 36.6 Å². The van der Waals surface area contributed by atoms with Gasteiger partial charge in [0.25, 0.3) is 11.7 Å². The van der Waals surface area contributed by atoms with E-state index in [2.05, 4.69) is 0 Å². The van der Waals surface area contributed by atoms with E-state index in [0.717, 1.165) is 5.56 Å². The molecule has 1 aliphatic rings. The molecule has 0 aliphatic carbocycles. The minimum absolute atomic E-state index is 0.129. The maximum Gasteiger partial charge on any atom is 0.300 e. The fourth-order valence-corrected chi connectivity index (χ4v) is 4.05. The molecule has 1 N–H and O–H groups in total. The van der Waals surface area contributed by atoms with Crippen LogP contribution in [0.25, 0.3) is 5.76 Å². The third kappa shape index (κ3) is 3.40. The van der Waals surface area contributed by atoms with Gasteiger partial charge >= 0.3 is 0 Å². The van der Waals surface area contributed by atoms with E-state index < -0.39 is 23.5 Å². The number of Topliss-reactive ketones (excluding diaryl/α,β-unsaturated/α-hetero) is 1. The molecule has 4 rings (SSSR count). The predicted molar refractivity (Wildman–Crippen MR) is 119 cm³/mol. The largest absolute Gasteiger partial charge is 0.507 e. The Morgan fingerprint density at radius 1 is 1.06 bits per heavy atom. The third-order valence-electron chi connectivity index (χ3n) is 5.36. The van der Waals surface area contributed by atoms with Gasteiger partial charge in [0.15, 0.2) is 0 Å². The van der Waals surface area contributed by atoms with Crippen LogP contribution in [0.15, 0.2) is 64.8 Å². The first-order valence-electron chi connectivity index (χ1n) is 9.71. The van der Waals surface area contributed by atoms with Crippen molar-refractivity contribution in [2.24, 2.45) is 0 Å². The fraction of sp³-hybridized carbons (Fsp3) is 0.167. The van der Waals surface area contributed by atoms with Crippen molar-refractivity contribution < 1.29 is 28.6 Å². The summed E-state index contributed by atoms with van der Waals surface area (Å²) in [6.45, 7) is 1.83. The van der Waals surface area contributed by atoms with Crippen molar-refractivity contribution in [1.82, 2.24) is 0 Å². The Hall–Kier alpha value is -3.71.